The summed E-state index contributed by atoms with van der Waals surface area (Å²) < 4.78 is 5.12. The number of thioether (sulfide) groups is 1. The number of cyclic esters (lactones) is 1. The van der Waals surface area contributed by atoms with Gasteiger partial charge in [-0.1, -0.05) is 35.5 Å². The molecule has 0 bridgehead atoms. The smallest absolute Gasteiger partial charge is 0.306 e. The number of aromatic amines is 1. The van der Waals surface area contributed by atoms with Crippen molar-refractivity contribution in [1.29, 1.82) is 0 Å². The van der Waals surface area contributed by atoms with Crippen LogP contribution in [0, 0.1) is 0 Å². The molecule has 24 heavy (non-hydrogen) atoms. The van der Waals surface area contributed by atoms with Crippen LogP contribution >= 0.6 is 40.3 Å². The van der Waals surface area contributed by atoms with Crippen LogP contribution in [0.25, 0.3) is 11.4 Å². The van der Waals surface area contributed by atoms with Gasteiger partial charge in [-0.05, 0) is 19.1 Å². The maximum Gasteiger partial charge on any atom is 0.306 e. The molecule has 0 spiro atoms. The molecule has 1 saturated heterocycles. The van der Waals surface area contributed by atoms with Crippen LogP contribution in [0.5, 0.6) is 0 Å². The number of nitrogens with one attached hydrogen (secondary N) is 1. The molecule has 0 aliphatic carbocycles. The predicted octanol–water partition coefficient (Wildman–Crippen LogP) is 3.46. The second-order valence-electron chi connectivity index (χ2n) is 5.36. The van der Waals surface area contributed by atoms with Crippen molar-refractivity contribution in [2.75, 3.05) is 5.75 Å². The number of halogens is 2. The Bertz CT molecular complexity index is 770. The number of esters is 1. The van der Waals surface area contributed by atoms with Gasteiger partial charge in [0.25, 0.3) is 0 Å². The summed E-state index contributed by atoms with van der Waals surface area (Å²) >= 11 is 7.32. The molecule has 6 nitrogen and oxygen atoms in total. The van der Waals surface area contributed by atoms with Gasteiger partial charge in [0.05, 0.1) is 10.8 Å². The van der Waals surface area contributed by atoms with Gasteiger partial charge in [-0.15, -0.1) is 22.1 Å². The van der Waals surface area contributed by atoms with E-state index >= 15 is 0 Å². The highest BCUT2D eigenvalue weighted by atomic mass is 79.9. The minimum Gasteiger partial charge on any atom is -0.451 e. The van der Waals surface area contributed by atoms with Crippen molar-refractivity contribution in [2.45, 2.75) is 30.5 Å². The number of carbonyl (C=O) groups is 2. The number of aromatic nitrogens is 3. The summed E-state index contributed by atoms with van der Waals surface area (Å²) in [7, 11) is 0. The first-order chi connectivity index (χ1) is 11.0. The van der Waals surface area contributed by atoms with Gasteiger partial charge in [0, 0.05) is 18.4 Å². The lowest BCUT2D eigenvalue weighted by Gasteiger charge is -2.19. The standard InChI is InChI=1S/C15H14ClN3O3S.BrH/c1-15(7-6-12(21)22-15)11(20)8-23-14-17-13(18-19-14)9-4-2-3-5-10(9)16;/h2-5H,6-8H2,1H3,(H,17,18,19);1H. The van der Waals surface area contributed by atoms with Gasteiger partial charge in [-0.25, -0.2) is 4.98 Å². The van der Waals surface area contributed by atoms with Crippen molar-refractivity contribution in [3.8, 4) is 11.4 Å². The first-order valence-corrected chi connectivity index (χ1v) is 8.39. The zero-order valence-corrected chi connectivity index (χ0v) is 16.0. The predicted molar refractivity (Wildman–Crippen MR) is 96.6 cm³/mol. The highest BCUT2D eigenvalue weighted by Gasteiger charge is 2.42. The fourth-order valence-electron chi connectivity index (χ4n) is 2.26. The number of carbonyl (C=O) groups excluding carboxylic acids is 2. The third-order valence-corrected chi connectivity index (χ3v) is 4.84. The van der Waals surface area contributed by atoms with E-state index in [2.05, 4.69) is 15.2 Å². The fourth-order valence-corrected chi connectivity index (χ4v) is 3.31. The van der Waals surface area contributed by atoms with E-state index in [0.29, 0.717) is 22.4 Å². The van der Waals surface area contributed by atoms with Gasteiger partial charge in [-0.2, -0.15) is 0 Å². The molecule has 3 rings (SSSR count). The molecule has 0 radical (unpaired) electrons. The van der Waals surface area contributed by atoms with Crippen LogP contribution in [0.15, 0.2) is 29.4 Å². The third kappa shape index (κ3) is 3.99. The van der Waals surface area contributed by atoms with Crippen molar-refractivity contribution < 1.29 is 14.3 Å². The molecule has 1 aromatic heterocycles. The summed E-state index contributed by atoms with van der Waals surface area (Å²) in [6, 6.07) is 7.29. The summed E-state index contributed by atoms with van der Waals surface area (Å²) in [5, 5.41) is 7.90. The van der Waals surface area contributed by atoms with E-state index in [0.717, 1.165) is 5.56 Å². The molecule has 128 valence electrons. The minimum atomic E-state index is -1.02. The fraction of sp³-hybridized carbons (Fsp3) is 0.333. The molecule has 2 aromatic rings. The van der Waals surface area contributed by atoms with E-state index < -0.39 is 5.60 Å². The lowest BCUT2D eigenvalue weighted by atomic mass is 9.98. The number of Topliss-reactive ketones (excluding diaryl/α,β-unsaturated/α-hetero) is 1. The average molecular weight is 433 g/mol. The number of ether oxygens (including phenoxy) is 1. The molecule has 1 fully saturated rings. The van der Waals surface area contributed by atoms with Crippen LogP contribution in [-0.4, -0.2) is 38.3 Å². The Morgan fingerprint density at radius 3 is 2.88 bits per heavy atom. The maximum absolute atomic E-state index is 12.2. The van der Waals surface area contributed by atoms with E-state index in [4.69, 9.17) is 16.3 Å². The van der Waals surface area contributed by atoms with Crippen molar-refractivity contribution in [1.82, 2.24) is 15.2 Å². The second-order valence-corrected chi connectivity index (χ2v) is 6.71. The van der Waals surface area contributed by atoms with Crippen molar-refractivity contribution in [3.63, 3.8) is 0 Å². The molecule has 9 heteroatoms. The average Bonchev–Trinajstić information content (AvgIpc) is 3.13. The molecule has 1 aliphatic heterocycles. The first-order valence-electron chi connectivity index (χ1n) is 7.03. The molecule has 0 saturated carbocycles. The van der Waals surface area contributed by atoms with Crippen LogP contribution in [0.4, 0.5) is 0 Å². The largest absolute Gasteiger partial charge is 0.451 e. The number of hydrogen-bond acceptors (Lipinski definition) is 6. The number of H-pyrrole nitrogens is 1. The van der Waals surface area contributed by atoms with E-state index in [1.807, 2.05) is 18.2 Å². The number of hydrogen-bond donors (Lipinski definition) is 1. The summed E-state index contributed by atoms with van der Waals surface area (Å²) in [4.78, 5) is 27.8. The Morgan fingerprint density at radius 1 is 1.46 bits per heavy atom. The Labute approximate surface area is 158 Å². The van der Waals surface area contributed by atoms with Crippen LogP contribution in [0.2, 0.25) is 5.02 Å². The highest BCUT2D eigenvalue weighted by molar-refractivity contribution is 8.93. The Balaban J connectivity index is 0.00000208. The molecule has 1 aliphatic rings. The lowest BCUT2D eigenvalue weighted by Crippen LogP contribution is -2.36. The molecule has 2 heterocycles. The molecule has 1 aromatic carbocycles. The number of benzene rings is 1. The van der Waals surface area contributed by atoms with Crippen molar-refractivity contribution in [3.05, 3.63) is 29.3 Å². The maximum atomic E-state index is 12.2. The van der Waals surface area contributed by atoms with Gasteiger partial charge in [0.15, 0.2) is 17.2 Å². The van der Waals surface area contributed by atoms with Crippen LogP contribution in [0.1, 0.15) is 19.8 Å². The summed E-state index contributed by atoms with van der Waals surface area (Å²) in [5.41, 5.74) is -0.275. The molecule has 1 unspecified atom stereocenters. The second kappa shape index (κ2) is 7.67. The Hall–Kier alpha value is -1.38. The molecule has 1 atom stereocenters. The van der Waals surface area contributed by atoms with Crippen LogP contribution < -0.4 is 0 Å². The summed E-state index contributed by atoms with van der Waals surface area (Å²) in [6.07, 6.45) is 0.703. The monoisotopic (exact) mass is 431 g/mol. The summed E-state index contributed by atoms with van der Waals surface area (Å²) in [5.74, 6) is 0.218. The van der Waals surface area contributed by atoms with E-state index in [-0.39, 0.29) is 40.9 Å². The molecule has 1 N–H and O–H groups in total. The zero-order chi connectivity index (χ0) is 16.4. The number of rotatable bonds is 5. The molecular weight excluding hydrogens is 418 g/mol. The van der Waals surface area contributed by atoms with Crippen molar-refractivity contribution >= 4 is 52.1 Å². The van der Waals surface area contributed by atoms with Gasteiger partial charge < -0.3 is 4.74 Å². The Morgan fingerprint density at radius 2 is 2.21 bits per heavy atom. The van der Waals surface area contributed by atoms with Gasteiger partial charge in [0.2, 0.25) is 5.16 Å². The zero-order valence-electron chi connectivity index (χ0n) is 12.7. The topological polar surface area (TPSA) is 84.9 Å². The summed E-state index contributed by atoms with van der Waals surface area (Å²) in [6.45, 7) is 1.65. The van der Waals surface area contributed by atoms with E-state index in [9.17, 15) is 9.59 Å². The minimum absolute atomic E-state index is 0. The number of ketones is 1. The van der Waals surface area contributed by atoms with Crippen LogP contribution in [-0.2, 0) is 14.3 Å². The van der Waals surface area contributed by atoms with Gasteiger partial charge in [-0.3, -0.25) is 14.7 Å². The van der Waals surface area contributed by atoms with Crippen molar-refractivity contribution in [2.24, 2.45) is 0 Å². The third-order valence-electron chi connectivity index (χ3n) is 3.66. The quantitative estimate of drug-likeness (QED) is 0.575. The van der Waals surface area contributed by atoms with Gasteiger partial charge in [0.1, 0.15) is 0 Å². The Kier molecular flexibility index (Phi) is 6.06. The SMILES string of the molecule is Br.CC1(C(=O)CSc2n[nH]c(-c3ccccc3Cl)n2)CCC(=O)O1. The molecular formula is C15H15BrClN3O3S. The van der Waals surface area contributed by atoms with E-state index in [1.54, 1.807) is 13.0 Å². The van der Waals surface area contributed by atoms with Gasteiger partial charge >= 0.3 is 5.97 Å². The lowest BCUT2D eigenvalue weighted by molar-refractivity contribution is -0.154. The number of nitrogens with zero attached hydrogens (tertiary/aromatic N) is 2. The first kappa shape index (κ1) is 19.0. The highest BCUT2D eigenvalue weighted by Crippen LogP contribution is 2.30. The van der Waals surface area contributed by atoms with Crippen LogP contribution in [0.3, 0.4) is 0 Å². The normalized spacial score (nSPS) is 19.7. The molecule has 0 amide bonds. The van der Waals surface area contributed by atoms with E-state index in [1.165, 1.54) is 11.8 Å².